The summed E-state index contributed by atoms with van der Waals surface area (Å²) in [6, 6.07) is 0. The molecule has 0 aliphatic heterocycles. The fourth-order valence-electron chi connectivity index (χ4n) is 0.836. The van der Waals surface area contributed by atoms with E-state index in [-0.39, 0.29) is 6.42 Å². The highest BCUT2D eigenvalue weighted by molar-refractivity contribution is 5.02. The molecule has 1 aliphatic rings. The van der Waals surface area contributed by atoms with E-state index in [0.717, 1.165) is 0 Å². The maximum absolute atomic E-state index is 8.89. The van der Waals surface area contributed by atoms with E-state index in [2.05, 4.69) is 0 Å². The van der Waals surface area contributed by atoms with Crippen LogP contribution < -0.4 is 0 Å². The minimum absolute atomic E-state index is 0.234. The van der Waals surface area contributed by atoms with Crippen molar-refractivity contribution in [1.29, 1.82) is 0 Å². The third-order valence-electron chi connectivity index (χ3n) is 1.41. The van der Waals surface area contributed by atoms with Gasteiger partial charge >= 0.3 is 0 Å². The summed E-state index contributed by atoms with van der Waals surface area (Å²) in [5, 5.41) is 26.6. The lowest BCUT2D eigenvalue weighted by Gasteiger charge is -2.20. The van der Waals surface area contributed by atoms with Crippen molar-refractivity contribution >= 4 is 0 Å². The Balaban J connectivity index is 2.54. The average molecular weight is 130 g/mol. The van der Waals surface area contributed by atoms with Crippen molar-refractivity contribution in [2.75, 3.05) is 0 Å². The maximum Gasteiger partial charge on any atom is 0.0981 e. The van der Waals surface area contributed by atoms with Crippen LogP contribution >= 0.6 is 0 Å². The van der Waals surface area contributed by atoms with Crippen LogP contribution in [0.25, 0.3) is 0 Å². The number of rotatable bonds is 0. The van der Waals surface area contributed by atoms with Gasteiger partial charge in [-0.25, -0.2) is 0 Å². The standard InChI is InChI=1S/C6H10O3/c7-4-1-2-5(8)6(9)3-4/h1-2,4-9H,3H2/t4-,5+,6+/m1/s1. The molecule has 0 amide bonds. The molecule has 1 rings (SSSR count). The van der Waals surface area contributed by atoms with Crippen molar-refractivity contribution in [1.82, 2.24) is 0 Å². The minimum atomic E-state index is -0.801. The summed E-state index contributed by atoms with van der Waals surface area (Å²) in [5.74, 6) is 0. The quantitative estimate of drug-likeness (QED) is 0.370. The Morgan fingerprint density at radius 3 is 2.22 bits per heavy atom. The molecule has 0 aromatic rings. The zero-order valence-corrected chi connectivity index (χ0v) is 4.94. The summed E-state index contributed by atoms with van der Waals surface area (Å²) >= 11 is 0. The van der Waals surface area contributed by atoms with Crippen LogP contribution in [0.1, 0.15) is 6.42 Å². The Bertz CT molecular complexity index is 121. The topological polar surface area (TPSA) is 60.7 Å². The first-order valence-corrected chi connectivity index (χ1v) is 2.92. The van der Waals surface area contributed by atoms with Crippen molar-refractivity contribution in [3.63, 3.8) is 0 Å². The van der Waals surface area contributed by atoms with Crippen LogP contribution in [0.4, 0.5) is 0 Å². The predicted octanol–water partition coefficient (Wildman–Crippen LogP) is -0.971. The molecule has 0 spiro atoms. The molecule has 0 saturated carbocycles. The van der Waals surface area contributed by atoms with Gasteiger partial charge in [-0.3, -0.25) is 0 Å². The van der Waals surface area contributed by atoms with Crippen LogP contribution in [0.5, 0.6) is 0 Å². The smallest absolute Gasteiger partial charge is 0.0981 e. The lowest BCUT2D eigenvalue weighted by atomic mass is 10.00. The van der Waals surface area contributed by atoms with E-state index in [1.165, 1.54) is 12.2 Å². The highest BCUT2D eigenvalue weighted by atomic mass is 16.3. The van der Waals surface area contributed by atoms with E-state index >= 15 is 0 Å². The molecule has 0 saturated heterocycles. The molecule has 0 bridgehead atoms. The predicted molar refractivity (Wildman–Crippen MR) is 31.8 cm³/mol. The number of hydrogen-bond donors (Lipinski definition) is 3. The number of aliphatic hydroxyl groups is 3. The van der Waals surface area contributed by atoms with Crippen LogP contribution in [0.15, 0.2) is 12.2 Å². The molecule has 3 nitrogen and oxygen atoms in total. The molecular weight excluding hydrogens is 120 g/mol. The normalized spacial score (nSPS) is 43.2. The molecular formula is C6H10O3. The summed E-state index contributed by atoms with van der Waals surface area (Å²) in [7, 11) is 0. The summed E-state index contributed by atoms with van der Waals surface area (Å²) in [4.78, 5) is 0. The summed E-state index contributed by atoms with van der Waals surface area (Å²) in [5.41, 5.74) is 0. The molecule has 9 heavy (non-hydrogen) atoms. The summed E-state index contributed by atoms with van der Waals surface area (Å²) in [6.07, 6.45) is 0.926. The van der Waals surface area contributed by atoms with Gasteiger partial charge in [-0.15, -0.1) is 0 Å². The molecule has 52 valence electrons. The second-order valence-corrected chi connectivity index (χ2v) is 2.25. The number of hydrogen-bond acceptors (Lipinski definition) is 3. The molecule has 1 aliphatic carbocycles. The van der Waals surface area contributed by atoms with Crippen LogP contribution in [-0.2, 0) is 0 Å². The molecule has 0 aromatic heterocycles. The lowest BCUT2D eigenvalue weighted by molar-refractivity contribution is 0.0101. The van der Waals surface area contributed by atoms with Gasteiger partial charge in [-0.1, -0.05) is 12.2 Å². The van der Waals surface area contributed by atoms with Gasteiger partial charge < -0.3 is 15.3 Å². The van der Waals surface area contributed by atoms with Gasteiger partial charge in [-0.05, 0) is 0 Å². The SMILES string of the molecule is O[C@@H]1C=C[C@H](O)[C@@H](O)C1. The molecule has 0 fully saturated rings. The molecule has 0 aromatic carbocycles. The van der Waals surface area contributed by atoms with Gasteiger partial charge in [0.25, 0.3) is 0 Å². The highest BCUT2D eigenvalue weighted by Gasteiger charge is 2.20. The van der Waals surface area contributed by atoms with E-state index in [4.69, 9.17) is 15.3 Å². The first kappa shape index (κ1) is 6.74. The first-order chi connectivity index (χ1) is 4.20. The largest absolute Gasteiger partial charge is 0.390 e. The third-order valence-corrected chi connectivity index (χ3v) is 1.41. The summed E-state index contributed by atoms with van der Waals surface area (Å²) in [6.45, 7) is 0. The Morgan fingerprint density at radius 1 is 1.11 bits per heavy atom. The van der Waals surface area contributed by atoms with Crippen LogP contribution in [0.2, 0.25) is 0 Å². The second-order valence-electron chi connectivity index (χ2n) is 2.25. The lowest BCUT2D eigenvalue weighted by Crippen LogP contribution is -2.31. The Hall–Kier alpha value is -0.380. The van der Waals surface area contributed by atoms with Crippen molar-refractivity contribution in [3.8, 4) is 0 Å². The van der Waals surface area contributed by atoms with Crippen molar-refractivity contribution in [2.45, 2.75) is 24.7 Å². The molecule has 3 heteroatoms. The second kappa shape index (κ2) is 2.47. The van der Waals surface area contributed by atoms with Crippen LogP contribution in [0, 0.1) is 0 Å². The average Bonchev–Trinajstić information content (AvgIpc) is 1.80. The molecule has 0 heterocycles. The highest BCUT2D eigenvalue weighted by Crippen LogP contribution is 2.11. The van der Waals surface area contributed by atoms with Crippen LogP contribution in [-0.4, -0.2) is 33.6 Å². The Morgan fingerprint density at radius 2 is 1.78 bits per heavy atom. The monoisotopic (exact) mass is 130 g/mol. The Labute approximate surface area is 53.3 Å². The van der Waals surface area contributed by atoms with Crippen LogP contribution in [0.3, 0.4) is 0 Å². The van der Waals surface area contributed by atoms with Gasteiger partial charge in [0.2, 0.25) is 0 Å². The third kappa shape index (κ3) is 1.51. The molecule has 0 radical (unpaired) electrons. The van der Waals surface area contributed by atoms with E-state index in [1.807, 2.05) is 0 Å². The van der Waals surface area contributed by atoms with Crippen molar-refractivity contribution in [3.05, 3.63) is 12.2 Å². The first-order valence-electron chi connectivity index (χ1n) is 2.92. The number of aliphatic hydroxyl groups excluding tert-OH is 3. The van der Waals surface area contributed by atoms with E-state index in [1.54, 1.807) is 0 Å². The van der Waals surface area contributed by atoms with Gasteiger partial charge in [0.1, 0.15) is 0 Å². The van der Waals surface area contributed by atoms with Gasteiger partial charge in [0.05, 0.1) is 18.3 Å². The van der Waals surface area contributed by atoms with E-state index in [9.17, 15) is 0 Å². The van der Waals surface area contributed by atoms with E-state index < -0.39 is 18.3 Å². The maximum atomic E-state index is 8.89. The molecule has 0 unspecified atom stereocenters. The minimum Gasteiger partial charge on any atom is -0.390 e. The zero-order valence-electron chi connectivity index (χ0n) is 4.94. The van der Waals surface area contributed by atoms with Gasteiger partial charge in [0.15, 0.2) is 0 Å². The molecule has 3 atom stereocenters. The zero-order chi connectivity index (χ0) is 6.85. The van der Waals surface area contributed by atoms with Gasteiger partial charge in [-0.2, -0.15) is 0 Å². The van der Waals surface area contributed by atoms with Gasteiger partial charge in [0, 0.05) is 6.42 Å². The van der Waals surface area contributed by atoms with Crippen molar-refractivity contribution in [2.24, 2.45) is 0 Å². The Kier molecular flexibility index (Phi) is 1.85. The molecule has 3 N–H and O–H groups in total. The summed E-state index contributed by atoms with van der Waals surface area (Å²) < 4.78 is 0. The fourth-order valence-corrected chi connectivity index (χ4v) is 0.836. The fraction of sp³-hybridized carbons (Fsp3) is 0.667. The van der Waals surface area contributed by atoms with E-state index in [0.29, 0.717) is 0 Å². The van der Waals surface area contributed by atoms with Crippen molar-refractivity contribution < 1.29 is 15.3 Å².